The lowest BCUT2D eigenvalue weighted by Crippen LogP contribution is -2.38. The maximum Gasteiger partial charge on any atom is 0.0116 e. The normalized spacial score (nSPS) is 16.7. The molecule has 0 amide bonds. The van der Waals surface area contributed by atoms with Crippen LogP contribution in [0.1, 0.15) is 50.3 Å². The lowest BCUT2D eigenvalue weighted by Gasteiger charge is -2.30. The van der Waals surface area contributed by atoms with Crippen molar-refractivity contribution in [1.82, 2.24) is 5.32 Å². The molecule has 0 heterocycles. The molecule has 1 aliphatic carbocycles. The number of benzene rings is 1. The first-order valence-corrected chi connectivity index (χ1v) is 7.28. The molecule has 0 saturated heterocycles. The van der Waals surface area contributed by atoms with E-state index in [1.54, 1.807) is 11.1 Å². The van der Waals surface area contributed by atoms with Gasteiger partial charge >= 0.3 is 0 Å². The quantitative estimate of drug-likeness (QED) is 0.852. The summed E-state index contributed by atoms with van der Waals surface area (Å²) in [7, 11) is 2.08. The minimum absolute atomic E-state index is 0.339. The summed E-state index contributed by atoms with van der Waals surface area (Å²) in [6, 6.07) is 7.71. The second-order valence-electron chi connectivity index (χ2n) is 6.70. The van der Waals surface area contributed by atoms with Crippen molar-refractivity contribution in [2.45, 2.75) is 58.9 Å². The second kappa shape index (κ2) is 5.44. The zero-order chi connectivity index (χ0) is 13.2. The van der Waals surface area contributed by atoms with Crippen molar-refractivity contribution in [3.8, 4) is 0 Å². The predicted octanol–water partition coefficient (Wildman–Crippen LogP) is 3.74. The van der Waals surface area contributed by atoms with E-state index in [2.05, 4.69) is 51.3 Å². The van der Waals surface area contributed by atoms with E-state index in [-0.39, 0.29) is 0 Å². The Morgan fingerprint density at radius 3 is 2.56 bits per heavy atom. The molecule has 1 aromatic carbocycles. The molecule has 1 atom stereocenters. The van der Waals surface area contributed by atoms with Gasteiger partial charge in [-0.15, -0.1) is 0 Å². The minimum atomic E-state index is 0.339. The van der Waals surface area contributed by atoms with Crippen LogP contribution >= 0.6 is 0 Å². The highest BCUT2D eigenvalue weighted by Crippen LogP contribution is 2.26. The summed E-state index contributed by atoms with van der Waals surface area (Å²) >= 11 is 0. The van der Waals surface area contributed by atoms with Crippen molar-refractivity contribution in [3.63, 3.8) is 0 Å². The smallest absolute Gasteiger partial charge is 0.0116 e. The van der Waals surface area contributed by atoms with Crippen LogP contribution in [0.3, 0.4) is 0 Å². The molecule has 1 unspecified atom stereocenters. The summed E-state index contributed by atoms with van der Waals surface area (Å²) in [6.45, 7) is 6.95. The lowest BCUT2D eigenvalue weighted by molar-refractivity contribution is 0.268. The SMILES string of the molecule is CNC(CCc1ccc2c(c1)CCC2)C(C)(C)C. The van der Waals surface area contributed by atoms with Crippen LogP contribution in [-0.4, -0.2) is 13.1 Å². The summed E-state index contributed by atoms with van der Waals surface area (Å²) in [6.07, 6.45) is 6.34. The Bertz CT molecular complexity index is 401. The van der Waals surface area contributed by atoms with Gasteiger partial charge in [0.1, 0.15) is 0 Å². The van der Waals surface area contributed by atoms with Gasteiger partial charge in [-0.25, -0.2) is 0 Å². The first kappa shape index (κ1) is 13.6. The third-order valence-electron chi connectivity index (χ3n) is 4.28. The van der Waals surface area contributed by atoms with Gasteiger partial charge in [0.2, 0.25) is 0 Å². The van der Waals surface area contributed by atoms with E-state index >= 15 is 0 Å². The van der Waals surface area contributed by atoms with E-state index in [0.717, 1.165) is 0 Å². The summed E-state index contributed by atoms with van der Waals surface area (Å²) < 4.78 is 0. The average molecular weight is 245 g/mol. The van der Waals surface area contributed by atoms with Crippen LogP contribution in [0.15, 0.2) is 18.2 Å². The molecule has 1 heteroatoms. The molecule has 0 bridgehead atoms. The van der Waals surface area contributed by atoms with Crippen LogP contribution in [0.4, 0.5) is 0 Å². The van der Waals surface area contributed by atoms with Gasteiger partial charge < -0.3 is 5.32 Å². The summed E-state index contributed by atoms with van der Waals surface area (Å²) in [5, 5.41) is 3.46. The zero-order valence-electron chi connectivity index (χ0n) is 12.3. The fraction of sp³-hybridized carbons (Fsp3) is 0.647. The highest BCUT2D eigenvalue weighted by molar-refractivity contribution is 5.35. The van der Waals surface area contributed by atoms with E-state index in [4.69, 9.17) is 0 Å². The molecule has 1 N–H and O–H groups in total. The van der Waals surface area contributed by atoms with E-state index in [1.807, 2.05) is 0 Å². The first-order valence-electron chi connectivity index (χ1n) is 7.28. The van der Waals surface area contributed by atoms with Crippen LogP contribution < -0.4 is 5.32 Å². The minimum Gasteiger partial charge on any atom is -0.316 e. The molecule has 18 heavy (non-hydrogen) atoms. The van der Waals surface area contributed by atoms with Crippen molar-refractivity contribution < 1.29 is 0 Å². The van der Waals surface area contributed by atoms with Crippen LogP contribution in [0.25, 0.3) is 0 Å². The van der Waals surface area contributed by atoms with E-state index in [1.165, 1.54) is 37.7 Å². The Hall–Kier alpha value is -0.820. The Labute approximate surface area is 112 Å². The highest BCUT2D eigenvalue weighted by Gasteiger charge is 2.22. The molecule has 2 rings (SSSR count). The van der Waals surface area contributed by atoms with E-state index < -0.39 is 0 Å². The largest absolute Gasteiger partial charge is 0.316 e. The number of fused-ring (bicyclic) bond motifs is 1. The van der Waals surface area contributed by atoms with Crippen molar-refractivity contribution in [2.75, 3.05) is 7.05 Å². The fourth-order valence-electron chi connectivity index (χ4n) is 3.10. The number of aryl methyl sites for hydroxylation is 3. The molecule has 0 radical (unpaired) electrons. The van der Waals surface area contributed by atoms with Gasteiger partial charge in [0.25, 0.3) is 0 Å². The second-order valence-corrected chi connectivity index (χ2v) is 6.70. The summed E-state index contributed by atoms with van der Waals surface area (Å²) in [5.74, 6) is 0. The first-order chi connectivity index (χ1) is 8.50. The lowest BCUT2D eigenvalue weighted by atomic mass is 9.83. The standard InChI is InChI=1S/C17H27N/c1-17(2,3)16(18-4)11-9-13-8-10-14-6-5-7-15(14)12-13/h8,10,12,16,18H,5-7,9,11H2,1-4H3. The third-order valence-corrected chi connectivity index (χ3v) is 4.28. The average Bonchev–Trinajstić information content (AvgIpc) is 2.75. The Balaban J connectivity index is 1.98. The predicted molar refractivity (Wildman–Crippen MR) is 79.1 cm³/mol. The fourth-order valence-corrected chi connectivity index (χ4v) is 3.10. The molecule has 0 aromatic heterocycles. The van der Waals surface area contributed by atoms with E-state index in [9.17, 15) is 0 Å². The number of hydrogen-bond donors (Lipinski definition) is 1. The van der Waals surface area contributed by atoms with Gasteiger partial charge in [-0.3, -0.25) is 0 Å². The molecule has 0 fully saturated rings. The van der Waals surface area contributed by atoms with Crippen LogP contribution in [0.5, 0.6) is 0 Å². The molecular formula is C17H27N. The molecule has 1 nitrogen and oxygen atoms in total. The summed E-state index contributed by atoms with van der Waals surface area (Å²) in [4.78, 5) is 0. The Morgan fingerprint density at radius 2 is 1.89 bits per heavy atom. The topological polar surface area (TPSA) is 12.0 Å². The van der Waals surface area contributed by atoms with Crippen molar-refractivity contribution in [1.29, 1.82) is 0 Å². The Kier molecular flexibility index (Phi) is 4.11. The monoisotopic (exact) mass is 245 g/mol. The molecule has 100 valence electrons. The molecular weight excluding hydrogens is 218 g/mol. The zero-order valence-corrected chi connectivity index (χ0v) is 12.3. The molecule has 1 aliphatic rings. The maximum absolute atomic E-state index is 3.46. The number of hydrogen-bond acceptors (Lipinski definition) is 1. The number of rotatable bonds is 4. The van der Waals surface area contributed by atoms with Crippen LogP contribution in [0.2, 0.25) is 0 Å². The third kappa shape index (κ3) is 3.14. The van der Waals surface area contributed by atoms with Gasteiger partial charge in [0, 0.05) is 6.04 Å². The molecule has 0 saturated carbocycles. The summed E-state index contributed by atoms with van der Waals surface area (Å²) in [5.41, 5.74) is 5.04. The highest BCUT2D eigenvalue weighted by atomic mass is 14.9. The van der Waals surface area contributed by atoms with Gasteiger partial charge in [-0.05, 0) is 61.3 Å². The van der Waals surface area contributed by atoms with Crippen LogP contribution in [0, 0.1) is 5.41 Å². The Morgan fingerprint density at radius 1 is 1.17 bits per heavy atom. The van der Waals surface area contributed by atoms with Gasteiger partial charge in [-0.2, -0.15) is 0 Å². The van der Waals surface area contributed by atoms with Crippen molar-refractivity contribution in [3.05, 3.63) is 34.9 Å². The van der Waals surface area contributed by atoms with Gasteiger partial charge in [0.15, 0.2) is 0 Å². The van der Waals surface area contributed by atoms with Gasteiger partial charge in [-0.1, -0.05) is 39.0 Å². The van der Waals surface area contributed by atoms with Crippen molar-refractivity contribution in [2.24, 2.45) is 5.41 Å². The molecule has 0 aliphatic heterocycles. The van der Waals surface area contributed by atoms with Crippen molar-refractivity contribution >= 4 is 0 Å². The molecule has 0 spiro atoms. The maximum atomic E-state index is 3.46. The van der Waals surface area contributed by atoms with E-state index in [0.29, 0.717) is 11.5 Å². The van der Waals surface area contributed by atoms with Gasteiger partial charge in [0.05, 0.1) is 0 Å². The molecule has 1 aromatic rings. The number of nitrogens with one attached hydrogen (secondary N) is 1. The van der Waals surface area contributed by atoms with Crippen LogP contribution in [-0.2, 0) is 19.3 Å².